The SMILES string of the molecule is Cn1cnc(=N)c2c1ncn2C. The highest BCUT2D eigenvalue weighted by molar-refractivity contribution is 5.68. The van der Waals surface area contributed by atoms with Crippen LogP contribution in [0.3, 0.4) is 0 Å². The standard InChI is InChI=1S/C7H9N5/c1-11-4-10-7-5(11)6(8)9-3-12(7)2/h3-4,8H,1-2H3. The van der Waals surface area contributed by atoms with E-state index in [0.717, 1.165) is 11.2 Å². The number of aryl methyl sites for hydroxylation is 2. The summed E-state index contributed by atoms with van der Waals surface area (Å²) in [6.45, 7) is 0. The lowest BCUT2D eigenvalue weighted by Gasteiger charge is -1.98. The van der Waals surface area contributed by atoms with Crippen LogP contribution in [0.4, 0.5) is 0 Å². The van der Waals surface area contributed by atoms with Gasteiger partial charge in [-0.05, 0) is 0 Å². The van der Waals surface area contributed by atoms with E-state index in [2.05, 4.69) is 9.97 Å². The van der Waals surface area contributed by atoms with Gasteiger partial charge >= 0.3 is 0 Å². The first-order valence-electron chi connectivity index (χ1n) is 3.57. The lowest BCUT2D eigenvalue weighted by Crippen LogP contribution is -2.12. The Bertz CT molecular complexity index is 478. The maximum absolute atomic E-state index is 7.53. The Labute approximate surface area is 68.8 Å². The molecule has 0 aromatic carbocycles. The lowest BCUT2D eigenvalue weighted by atomic mass is 10.5. The van der Waals surface area contributed by atoms with E-state index >= 15 is 0 Å². The van der Waals surface area contributed by atoms with Crippen LogP contribution in [0.25, 0.3) is 11.2 Å². The molecule has 1 N–H and O–H groups in total. The van der Waals surface area contributed by atoms with Gasteiger partial charge in [0.1, 0.15) is 5.52 Å². The van der Waals surface area contributed by atoms with Crippen LogP contribution in [0.1, 0.15) is 0 Å². The molecule has 0 aliphatic rings. The molecule has 0 saturated carbocycles. The summed E-state index contributed by atoms with van der Waals surface area (Å²) in [5, 5.41) is 7.53. The van der Waals surface area contributed by atoms with Gasteiger partial charge in [0.15, 0.2) is 11.1 Å². The third-order valence-corrected chi connectivity index (χ3v) is 1.84. The molecule has 0 aliphatic carbocycles. The van der Waals surface area contributed by atoms with Crippen LogP contribution >= 0.6 is 0 Å². The molecule has 62 valence electrons. The predicted molar refractivity (Wildman–Crippen MR) is 43.3 cm³/mol. The van der Waals surface area contributed by atoms with Gasteiger partial charge in [0, 0.05) is 14.1 Å². The first-order chi connectivity index (χ1) is 5.70. The summed E-state index contributed by atoms with van der Waals surface area (Å²) in [5.74, 6) is 0. The summed E-state index contributed by atoms with van der Waals surface area (Å²) in [7, 11) is 3.72. The minimum atomic E-state index is 0.267. The summed E-state index contributed by atoms with van der Waals surface area (Å²) in [6, 6.07) is 0. The van der Waals surface area contributed by atoms with Crippen LogP contribution in [-0.2, 0) is 14.1 Å². The van der Waals surface area contributed by atoms with Crippen molar-refractivity contribution >= 4 is 11.2 Å². The number of hydrogen-bond donors (Lipinski definition) is 1. The fraction of sp³-hybridized carbons (Fsp3) is 0.286. The molecule has 0 fully saturated rings. The predicted octanol–water partition coefficient (Wildman–Crippen LogP) is -0.214. The quantitative estimate of drug-likeness (QED) is 0.584. The van der Waals surface area contributed by atoms with Gasteiger partial charge in [0.25, 0.3) is 0 Å². The molecule has 5 nitrogen and oxygen atoms in total. The van der Waals surface area contributed by atoms with E-state index in [9.17, 15) is 0 Å². The Morgan fingerprint density at radius 2 is 1.83 bits per heavy atom. The lowest BCUT2D eigenvalue weighted by molar-refractivity contribution is 0.867. The summed E-state index contributed by atoms with van der Waals surface area (Å²) < 4.78 is 3.60. The summed E-state index contributed by atoms with van der Waals surface area (Å²) in [6.07, 6.45) is 3.28. The molecule has 2 aromatic rings. The smallest absolute Gasteiger partial charge is 0.174 e. The Morgan fingerprint density at radius 1 is 1.17 bits per heavy atom. The van der Waals surface area contributed by atoms with Gasteiger partial charge in [-0.2, -0.15) is 0 Å². The van der Waals surface area contributed by atoms with Gasteiger partial charge in [0.05, 0.1) is 12.7 Å². The van der Waals surface area contributed by atoms with Crippen molar-refractivity contribution in [2.24, 2.45) is 14.1 Å². The van der Waals surface area contributed by atoms with E-state index in [0.29, 0.717) is 0 Å². The number of hydrogen-bond acceptors (Lipinski definition) is 3. The first kappa shape index (κ1) is 7.02. The average Bonchev–Trinajstić information content (AvgIpc) is 2.42. The Kier molecular flexibility index (Phi) is 1.27. The fourth-order valence-electron chi connectivity index (χ4n) is 1.21. The van der Waals surface area contributed by atoms with Crippen molar-refractivity contribution in [1.29, 1.82) is 5.41 Å². The molecular weight excluding hydrogens is 154 g/mol. The van der Waals surface area contributed by atoms with Crippen LogP contribution in [0.15, 0.2) is 12.7 Å². The molecule has 5 heteroatoms. The molecule has 0 saturated heterocycles. The Morgan fingerprint density at radius 3 is 2.50 bits per heavy atom. The molecule has 12 heavy (non-hydrogen) atoms. The number of imidazole rings is 1. The van der Waals surface area contributed by atoms with Crippen molar-refractivity contribution in [2.45, 2.75) is 0 Å². The Hall–Kier alpha value is -1.65. The van der Waals surface area contributed by atoms with E-state index in [-0.39, 0.29) is 5.49 Å². The van der Waals surface area contributed by atoms with Crippen molar-refractivity contribution in [2.75, 3.05) is 0 Å². The number of fused-ring (bicyclic) bond motifs is 1. The summed E-state index contributed by atoms with van der Waals surface area (Å²) in [4.78, 5) is 8.05. The van der Waals surface area contributed by atoms with Crippen LogP contribution < -0.4 is 5.49 Å². The molecule has 0 spiro atoms. The number of nitrogens with zero attached hydrogens (tertiary/aromatic N) is 4. The van der Waals surface area contributed by atoms with E-state index in [1.165, 1.54) is 0 Å². The molecule has 0 bridgehead atoms. The second-order valence-electron chi connectivity index (χ2n) is 2.73. The van der Waals surface area contributed by atoms with Crippen molar-refractivity contribution in [3.8, 4) is 0 Å². The van der Waals surface area contributed by atoms with Gasteiger partial charge in [-0.15, -0.1) is 0 Å². The van der Waals surface area contributed by atoms with E-state index in [1.807, 2.05) is 14.1 Å². The maximum atomic E-state index is 7.53. The third-order valence-electron chi connectivity index (χ3n) is 1.84. The third kappa shape index (κ3) is 0.761. The highest BCUT2D eigenvalue weighted by Crippen LogP contribution is 2.02. The van der Waals surface area contributed by atoms with Crippen LogP contribution in [0.2, 0.25) is 0 Å². The molecule has 2 heterocycles. The number of nitrogens with one attached hydrogen (secondary N) is 1. The minimum Gasteiger partial charge on any atom is -0.329 e. The maximum Gasteiger partial charge on any atom is 0.174 e. The van der Waals surface area contributed by atoms with Crippen LogP contribution in [0.5, 0.6) is 0 Å². The summed E-state index contributed by atoms with van der Waals surface area (Å²) in [5.41, 5.74) is 1.82. The monoisotopic (exact) mass is 163 g/mol. The van der Waals surface area contributed by atoms with Gasteiger partial charge < -0.3 is 9.13 Å². The zero-order chi connectivity index (χ0) is 8.72. The normalized spacial score (nSPS) is 10.8. The zero-order valence-electron chi connectivity index (χ0n) is 6.94. The van der Waals surface area contributed by atoms with Crippen LogP contribution in [0, 0.1) is 5.41 Å². The van der Waals surface area contributed by atoms with Crippen molar-refractivity contribution in [3.05, 3.63) is 18.1 Å². The zero-order valence-corrected chi connectivity index (χ0v) is 6.94. The minimum absolute atomic E-state index is 0.267. The molecule has 0 aliphatic heterocycles. The molecule has 0 radical (unpaired) electrons. The second kappa shape index (κ2) is 2.17. The average molecular weight is 163 g/mol. The number of rotatable bonds is 0. The number of aromatic nitrogens is 4. The second-order valence-corrected chi connectivity index (χ2v) is 2.73. The van der Waals surface area contributed by atoms with Crippen molar-refractivity contribution in [3.63, 3.8) is 0 Å². The highest BCUT2D eigenvalue weighted by atomic mass is 15.1. The fourth-order valence-corrected chi connectivity index (χ4v) is 1.21. The van der Waals surface area contributed by atoms with E-state index in [1.54, 1.807) is 21.8 Å². The van der Waals surface area contributed by atoms with Gasteiger partial charge in [-0.25, -0.2) is 9.97 Å². The topological polar surface area (TPSA) is 59.5 Å². The van der Waals surface area contributed by atoms with E-state index < -0.39 is 0 Å². The van der Waals surface area contributed by atoms with E-state index in [4.69, 9.17) is 5.41 Å². The van der Waals surface area contributed by atoms with Crippen molar-refractivity contribution in [1.82, 2.24) is 19.1 Å². The van der Waals surface area contributed by atoms with Crippen LogP contribution in [-0.4, -0.2) is 19.1 Å². The Balaban J connectivity index is 3.09. The largest absolute Gasteiger partial charge is 0.329 e. The summed E-state index contributed by atoms with van der Waals surface area (Å²) >= 11 is 0. The van der Waals surface area contributed by atoms with Gasteiger partial charge in [-0.3, -0.25) is 5.41 Å². The molecule has 2 rings (SSSR count). The molecule has 0 atom stereocenters. The van der Waals surface area contributed by atoms with Gasteiger partial charge in [-0.1, -0.05) is 0 Å². The van der Waals surface area contributed by atoms with Gasteiger partial charge in [0.2, 0.25) is 0 Å². The molecular formula is C7H9N5. The molecule has 0 unspecified atom stereocenters. The first-order valence-corrected chi connectivity index (χ1v) is 3.57. The van der Waals surface area contributed by atoms with Crippen molar-refractivity contribution < 1.29 is 0 Å². The molecule has 2 aromatic heterocycles. The highest BCUT2D eigenvalue weighted by Gasteiger charge is 2.03. The molecule has 0 amide bonds.